The van der Waals surface area contributed by atoms with Crippen molar-refractivity contribution >= 4 is 6.03 Å². The average Bonchev–Trinajstić information content (AvgIpc) is 3.18. The SMILES string of the molecule is Cc1ccc(CN2CCC(NC(=O)NC(C)(C)c3cnn(C)c3)C2)cc1. The number of carbonyl (C=O) groups excluding carboxylic acids is 1. The summed E-state index contributed by atoms with van der Waals surface area (Å²) >= 11 is 0. The standard InChI is InChI=1S/C20H29N5O/c1-15-5-7-16(8-6-15)12-25-10-9-18(14-25)22-19(26)23-20(2,3)17-11-21-24(4)13-17/h5-8,11,13,18H,9-10,12,14H2,1-4H3,(H2,22,23,26). The van der Waals surface area contributed by atoms with E-state index < -0.39 is 5.54 Å². The summed E-state index contributed by atoms with van der Waals surface area (Å²) in [7, 11) is 1.88. The second kappa shape index (κ2) is 7.50. The number of amides is 2. The monoisotopic (exact) mass is 355 g/mol. The Labute approximate surface area is 155 Å². The lowest BCUT2D eigenvalue weighted by Gasteiger charge is -2.26. The Kier molecular flexibility index (Phi) is 5.32. The number of nitrogens with one attached hydrogen (secondary N) is 2. The van der Waals surface area contributed by atoms with Crippen LogP contribution in [0.4, 0.5) is 4.79 Å². The molecule has 1 aromatic heterocycles. The Balaban J connectivity index is 1.48. The number of aromatic nitrogens is 2. The van der Waals surface area contributed by atoms with Crippen molar-refractivity contribution in [2.24, 2.45) is 7.05 Å². The highest BCUT2D eigenvalue weighted by molar-refractivity contribution is 5.75. The van der Waals surface area contributed by atoms with E-state index in [-0.39, 0.29) is 12.1 Å². The third-order valence-corrected chi connectivity index (χ3v) is 4.99. The Morgan fingerprint density at radius 3 is 2.69 bits per heavy atom. The predicted molar refractivity (Wildman–Crippen MR) is 103 cm³/mol. The number of hydrogen-bond donors (Lipinski definition) is 2. The Hall–Kier alpha value is -2.34. The maximum Gasteiger partial charge on any atom is 0.315 e. The predicted octanol–water partition coefficient (Wildman–Crippen LogP) is 2.54. The Morgan fingerprint density at radius 2 is 2.04 bits per heavy atom. The first-order valence-electron chi connectivity index (χ1n) is 9.17. The minimum atomic E-state index is -0.460. The molecule has 0 aliphatic carbocycles. The molecule has 2 aromatic rings. The molecule has 2 heterocycles. The summed E-state index contributed by atoms with van der Waals surface area (Å²) in [6.45, 7) is 8.90. The molecule has 0 radical (unpaired) electrons. The highest BCUT2D eigenvalue weighted by atomic mass is 16.2. The number of hydrogen-bond acceptors (Lipinski definition) is 3. The number of nitrogens with zero attached hydrogens (tertiary/aromatic N) is 3. The molecule has 26 heavy (non-hydrogen) atoms. The first-order valence-corrected chi connectivity index (χ1v) is 9.17. The normalized spacial score (nSPS) is 18.1. The van der Waals surface area contributed by atoms with E-state index in [4.69, 9.17) is 0 Å². The molecule has 1 fully saturated rings. The summed E-state index contributed by atoms with van der Waals surface area (Å²) < 4.78 is 1.75. The fourth-order valence-electron chi connectivity index (χ4n) is 3.37. The van der Waals surface area contributed by atoms with Crippen LogP contribution >= 0.6 is 0 Å². The number of benzene rings is 1. The molecular formula is C20H29N5O. The topological polar surface area (TPSA) is 62.2 Å². The molecule has 140 valence electrons. The van der Waals surface area contributed by atoms with Crippen LogP contribution in [0.2, 0.25) is 0 Å². The molecule has 1 aliphatic rings. The molecule has 0 saturated carbocycles. The number of carbonyl (C=O) groups is 1. The van der Waals surface area contributed by atoms with Crippen LogP contribution in [-0.2, 0) is 19.1 Å². The fraction of sp³-hybridized carbons (Fsp3) is 0.500. The summed E-state index contributed by atoms with van der Waals surface area (Å²) in [4.78, 5) is 14.8. The van der Waals surface area contributed by atoms with Crippen LogP contribution in [0.3, 0.4) is 0 Å². The van der Waals surface area contributed by atoms with Crippen molar-refractivity contribution in [1.29, 1.82) is 0 Å². The van der Waals surface area contributed by atoms with Gasteiger partial charge in [0.15, 0.2) is 0 Å². The second-order valence-electron chi connectivity index (χ2n) is 7.83. The minimum absolute atomic E-state index is 0.124. The molecule has 1 atom stereocenters. The molecule has 1 saturated heterocycles. The Morgan fingerprint density at radius 1 is 1.31 bits per heavy atom. The van der Waals surface area contributed by atoms with Crippen LogP contribution < -0.4 is 10.6 Å². The summed E-state index contributed by atoms with van der Waals surface area (Å²) in [6.07, 6.45) is 4.70. The van der Waals surface area contributed by atoms with Crippen molar-refractivity contribution in [2.45, 2.75) is 45.3 Å². The molecule has 1 aromatic carbocycles. The van der Waals surface area contributed by atoms with Crippen LogP contribution in [0.25, 0.3) is 0 Å². The number of aryl methyl sites for hydroxylation is 2. The lowest BCUT2D eigenvalue weighted by atomic mass is 9.98. The van der Waals surface area contributed by atoms with Crippen LogP contribution in [0, 0.1) is 6.92 Å². The highest BCUT2D eigenvalue weighted by Gasteiger charge is 2.28. The first kappa shape index (κ1) is 18.5. The quantitative estimate of drug-likeness (QED) is 0.866. The van der Waals surface area contributed by atoms with Gasteiger partial charge >= 0.3 is 6.03 Å². The molecule has 0 bridgehead atoms. The summed E-state index contributed by atoms with van der Waals surface area (Å²) in [5, 5.41) is 10.4. The van der Waals surface area contributed by atoms with Crippen molar-refractivity contribution in [3.05, 3.63) is 53.3 Å². The van der Waals surface area contributed by atoms with Gasteiger partial charge < -0.3 is 10.6 Å². The molecular weight excluding hydrogens is 326 g/mol. The zero-order valence-corrected chi connectivity index (χ0v) is 16.1. The molecule has 1 aliphatic heterocycles. The van der Waals surface area contributed by atoms with Crippen molar-refractivity contribution in [1.82, 2.24) is 25.3 Å². The fourth-order valence-corrected chi connectivity index (χ4v) is 3.37. The Bertz CT molecular complexity index is 750. The second-order valence-corrected chi connectivity index (χ2v) is 7.83. The lowest BCUT2D eigenvalue weighted by Crippen LogP contribution is -2.50. The van der Waals surface area contributed by atoms with E-state index in [0.29, 0.717) is 0 Å². The summed E-state index contributed by atoms with van der Waals surface area (Å²) in [5.41, 5.74) is 3.13. The molecule has 6 nitrogen and oxygen atoms in total. The van der Waals surface area contributed by atoms with E-state index in [1.54, 1.807) is 10.9 Å². The lowest BCUT2D eigenvalue weighted by molar-refractivity contribution is 0.225. The third kappa shape index (κ3) is 4.64. The van der Waals surface area contributed by atoms with Gasteiger partial charge in [0.1, 0.15) is 0 Å². The van der Waals surface area contributed by atoms with Gasteiger partial charge in [-0.25, -0.2) is 4.79 Å². The van der Waals surface area contributed by atoms with E-state index in [1.807, 2.05) is 27.1 Å². The van der Waals surface area contributed by atoms with Gasteiger partial charge in [0.05, 0.1) is 11.7 Å². The number of urea groups is 1. The summed E-state index contributed by atoms with van der Waals surface area (Å²) in [6, 6.07) is 8.72. The average molecular weight is 355 g/mol. The van der Waals surface area contributed by atoms with Crippen molar-refractivity contribution in [3.8, 4) is 0 Å². The van der Waals surface area contributed by atoms with E-state index in [1.165, 1.54) is 11.1 Å². The van der Waals surface area contributed by atoms with Crippen molar-refractivity contribution < 1.29 is 4.79 Å². The maximum absolute atomic E-state index is 12.4. The third-order valence-electron chi connectivity index (χ3n) is 4.99. The maximum atomic E-state index is 12.4. The van der Waals surface area contributed by atoms with Gasteiger partial charge in [0.25, 0.3) is 0 Å². The molecule has 1 unspecified atom stereocenters. The van der Waals surface area contributed by atoms with E-state index in [9.17, 15) is 4.79 Å². The zero-order chi connectivity index (χ0) is 18.7. The van der Waals surface area contributed by atoms with Gasteiger partial charge in [-0.1, -0.05) is 29.8 Å². The van der Waals surface area contributed by atoms with Crippen molar-refractivity contribution in [3.63, 3.8) is 0 Å². The number of likely N-dealkylation sites (tertiary alicyclic amines) is 1. The summed E-state index contributed by atoms with van der Waals surface area (Å²) in [5.74, 6) is 0. The van der Waals surface area contributed by atoms with Crippen LogP contribution in [0.5, 0.6) is 0 Å². The smallest absolute Gasteiger partial charge is 0.315 e. The van der Waals surface area contributed by atoms with Gasteiger partial charge in [0.2, 0.25) is 0 Å². The largest absolute Gasteiger partial charge is 0.334 e. The van der Waals surface area contributed by atoms with Crippen LogP contribution in [-0.4, -0.2) is 39.8 Å². The van der Waals surface area contributed by atoms with E-state index >= 15 is 0 Å². The van der Waals surface area contributed by atoms with E-state index in [2.05, 4.69) is 51.8 Å². The van der Waals surface area contributed by atoms with Crippen LogP contribution in [0.15, 0.2) is 36.7 Å². The van der Waals surface area contributed by atoms with E-state index in [0.717, 1.165) is 31.6 Å². The van der Waals surface area contributed by atoms with Gasteiger partial charge in [-0.3, -0.25) is 9.58 Å². The van der Waals surface area contributed by atoms with Crippen LogP contribution in [0.1, 0.15) is 37.0 Å². The molecule has 6 heteroatoms. The number of rotatable bonds is 5. The molecule has 0 spiro atoms. The minimum Gasteiger partial charge on any atom is -0.334 e. The molecule has 2 N–H and O–H groups in total. The van der Waals surface area contributed by atoms with Gasteiger partial charge in [0, 0.05) is 44.5 Å². The molecule has 3 rings (SSSR count). The van der Waals surface area contributed by atoms with Gasteiger partial charge in [-0.15, -0.1) is 0 Å². The van der Waals surface area contributed by atoms with Gasteiger partial charge in [-0.2, -0.15) is 5.10 Å². The highest BCUT2D eigenvalue weighted by Crippen LogP contribution is 2.19. The van der Waals surface area contributed by atoms with Crippen molar-refractivity contribution in [2.75, 3.05) is 13.1 Å². The zero-order valence-electron chi connectivity index (χ0n) is 16.1. The molecule has 2 amide bonds. The first-order chi connectivity index (χ1) is 12.3. The van der Waals surface area contributed by atoms with Gasteiger partial charge in [-0.05, 0) is 32.8 Å².